The van der Waals surface area contributed by atoms with Crippen LogP contribution in [-0.4, -0.2) is 33.6 Å². The summed E-state index contributed by atoms with van der Waals surface area (Å²) in [5, 5.41) is 12.0. The predicted molar refractivity (Wildman–Crippen MR) is 77.4 cm³/mol. The van der Waals surface area contributed by atoms with Crippen molar-refractivity contribution in [1.29, 1.82) is 0 Å². The summed E-state index contributed by atoms with van der Waals surface area (Å²) < 4.78 is 1.91. The molecule has 2 aromatic rings. The van der Waals surface area contributed by atoms with E-state index in [1.54, 1.807) is 19.2 Å². The number of fused-ring (bicyclic) bond motifs is 1. The number of hydrogen-bond donors (Lipinski definition) is 2. The van der Waals surface area contributed by atoms with Crippen LogP contribution < -0.4 is 5.32 Å². The van der Waals surface area contributed by atoms with Crippen LogP contribution >= 0.6 is 0 Å². The third-order valence-corrected chi connectivity index (χ3v) is 3.81. The Balaban J connectivity index is 2.10. The summed E-state index contributed by atoms with van der Waals surface area (Å²) in [6.45, 7) is 0.451. The molecule has 0 unspecified atom stereocenters. The average Bonchev–Trinajstić information content (AvgIpc) is 3.25. The largest absolute Gasteiger partial charge is 0.478 e. The van der Waals surface area contributed by atoms with Crippen LogP contribution in [0.3, 0.4) is 0 Å². The molecule has 1 saturated carbocycles. The van der Waals surface area contributed by atoms with Crippen LogP contribution in [0.5, 0.6) is 0 Å². The van der Waals surface area contributed by atoms with Gasteiger partial charge in [0.05, 0.1) is 16.6 Å². The first-order valence-corrected chi connectivity index (χ1v) is 7.05. The highest BCUT2D eigenvalue weighted by molar-refractivity contribution is 6.01. The van der Waals surface area contributed by atoms with Crippen molar-refractivity contribution in [3.05, 3.63) is 29.6 Å². The van der Waals surface area contributed by atoms with E-state index in [1.807, 2.05) is 10.6 Å². The molecule has 0 bridgehead atoms. The van der Waals surface area contributed by atoms with Gasteiger partial charge in [-0.25, -0.2) is 9.78 Å². The van der Waals surface area contributed by atoms with Gasteiger partial charge in [-0.15, -0.1) is 0 Å². The van der Waals surface area contributed by atoms with Crippen LogP contribution in [0.15, 0.2) is 18.2 Å². The number of imidazole rings is 1. The van der Waals surface area contributed by atoms with Crippen molar-refractivity contribution in [3.8, 4) is 0 Å². The van der Waals surface area contributed by atoms with Gasteiger partial charge < -0.3 is 15.0 Å². The first-order valence-electron chi connectivity index (χ1n) is 7.05. The first-order chi connectivity index (χ1) is 10.1. The van der Waals surface area contributed by atoms with Gasteiger partial charge in [0.2, 0.25) is 5.91 Å². The normalized spacial score (nSPS) is 14.3. The smallest absolute Gasteiger partial charge is 0.337 e. The fourth-order valence-corrected chi connectivity index (χ4v) is 2.59. The topological polar surface area (TPSA) is 84.2 Å². The number of para-hydroxylation sites is 1. The maximum absolute atomic E-state index is 11.5. The van der Waals surface area contributed by atoms with Gasteiger partial charge in [-0.05, 0) is 25.0 Å². The summed E-state index contributed by atoms with van der Waals surface area (Å²) >= 11 is 0. The molecule has 1 aliphatic carbocycles. The molecule has 0 spiro atoms. The number of aromatic nitrogens is 2. The highest BCUT2D eigenvalue weighted by Crippen LogP contribution is 2.41. The van der Waals surface area contributed by atoms with Crippen LogP contribution in [-0.2, 0) is 11.3 Å². The molecule has 110 valence electrons. The number of rotatable bonds is 5. The van der Waals surface area contributed by atoms with Crippen molar-refractivity contribution in [2.75, 3.05) is 7.05 Å². The van der Waals surface area contributed by atoms with Crippen molar-refractivity contribution in [2.24, 2.45) is 0 Å². The quantitative estimate of drug-likeness (QED) is 0.877. The number of aromatic carboxylic acids is 1. The Hall–Kier alpha value is -2.37. The Bertz CT molecular complexity index is 716. The number of amides is 1. The van der Waals surface area contributed by atoms with Gasteiger partial charge in [0.25, 0.3) is 0 Å². The van der Waals surface area contributed by atoms with E-state index in [1.165, 1.54) is 0 Å². The summed E-state index contributed by atoms with van der Waals surface area (Å²) in [6.07, 6.45) is 2.47. The molecule has 6 heteroatoms. The Morgan fingerprint density at radius 1 is 1.43 bits per heavy atom. The van der Waals surface area contributed by atoms with Gasteiger partial charge in [0, 0.05) is 25.9 Å². The van der Waals surface area contributed by atoms with E-state index in [0.717, 1.165) is 18.7 Å². The first kappa shape index (κ1) is 13.6. The average molecular weight is 287 g/mol. The van der Waals surface area contributed by atoms with E-state index in [-0.39, 0.29) is 11.5 Å². The van der Waals surface area contributed by atoms with Crippen LogP contribution in [0.25, 0.3) is 11.0 Å². The fraction of sp³-hybridized carbons (Fsp3) is 0.400. The highest BCUT2D eigenvalue weighted by Gasteiger charge is 2.30. The number of carboxylic acids is 1. The maximum atomic E-state index is 11.5. The molecule has 2 N–H and O–H groups in total. The predicted octanol–water partition coefficient (Wildman–Crippen LogP) is 1.75. The molecule has 0 radical (unpaired) electrons. The minimum atomic E-state index is -0.968. The molecule has 3 rings (SSSR count). The van der Waals surface area contributed by atoms with Crippen molar-refractivity contribution >= 4 is 22.9 Å². The highest BCUT2D eigenvalue weighted by atomic mass is 16.4. The molecule has 1 amide bonds. The van der Waals surface area contributed by atoms with E-state index in [2.05, 4.69) is 10.3 Å². The second-order valence-electron chi connectivity index (χ2n) is 5.30. The van der Waals surface area contributed by atoms with Crippen LogP contribution in [0, 0.1) is 0 Å². The lowest BCUT2D eigenvalue weighted by Gasteiger charge is -2.09. The number of hydrogen-bond acceptors (Lipinski definition) is 3. The molecule has 1 fully saturated rings. The monoisotopic (exact) mass is 287 g/mol. The van der Waals surface area contributed by atoms with E-state index >= 15 is 0 Å². The van der Waals surface area contributed by atoms with E-state index < -0.39 is 5.97 Å². The SMILES string of the molecule is CNC(=O)CCn1c(C2CC2)nc2cccc(C(=O)O)c21. The Kier molecular flexibility index (Phi) is 3.37. The molecule has 1 aromatic heterocycles. The Morgan fingerprint density at radius 2 is 2.19 bits per heavy atom. The molecule has 1 aliphatic rings. The zero-order chi connectivity index (χ0) is 15.0. The second-order valence-corrected chi connectivity index (χ2v) is 5.30. The second kappa shape index (κ2) is 5.20. The molecular formula is C15H17N3O3. The number of carbonyl (C=O) groups is 2. The lowest BCUT2D eigenvalue weighted by molar-refractivity contribution is -0.120. The molecule has 0 aliphatic heterocycles. The summed E-state index contributed by atoms with van der Waals surface area (Å²) in [5.41, 5.74) is 1.55. The van der Waals surface area contributed by atoms with Crippen molar-refractivity contribution in [2.45, 2.75) is 31.7 Å². The van der Waals surface area contributed by atoms with Gasteiger partial charge in [-0.3, -0.25) is 4.79 Å². The van der Waals surface area contributed by atoms with Crippen molar-refractivity contribution in [1.82, 2.24) is 14.9 Å². The van der Waals surface area contributed by atoms with Gasteiger partial charge in [-0.2, -0.15) is 0 Å². The number of carboxylic acid groups (broad SMARTS) is 1. The summed E-state index contributed by atoms with van der Waals surface area (Å²) in [4.78, 5) is 27.5. The van der Waals surface area contributed by atoms with E-state index in [9.17, 15) is 14.7 Å². The third kappa shape index (κ3) is 2.49. The number of nitrogens with zero attached hydrogens (tertiary/aromatic N) is 2. The summed E-state index contributed by atoms with van der Waals surface area (Å²) in [5.74, 6) is 0.266. The molecule has 1 aromatic carbocycles. The van der Waals surface area contributed by atoms with E-state index in [0.29, 0.717) is 29.9 Å². The number of nitrogens with one attached hydrogen (secondary N) is 1. The molecular weight excluding hydrogens is 270 g/mol. The number of carbonyl (C=O) groups excluding carboxylic acids is 1. The lowest BCUT2D eigenvalue weighted by Crippen LogP contribution is -2.20. The van der Waals surface area contributed by atoms with Crippen molar-refractivity contribution in [3.63, 3.8) is 0 Å². The Morgan fingerprint density at radius 3 is 2.81 bits per heavy atom. The molecule has 0 saturated heterocycles. The number of aryl methyl sites for hydroxylation is 1. The van der Waals surface area contributed by atoms with Gasteiger partial charge in [0.15, 0.2) is 0 Å². The standard InChI is InChI=1S/C15H17N3O3/c1-16-12(19)7-8-18-13-10(15(20)21)3-2-4-11(13)17-14(18)9-5-6-9/h2-4,9H,5-8H2,1H3,(H,16,19)(H,20,21). The van der Waals surface area contributed by atoms with Crippen LogP contribution in [0.1, 0.15) is 41.4 Å². The minimum Gasteiger partial charge on any atom is -0.478 e. The fourth-order valence-electron chi connectivity index (χ4n) is 2.59. The molecule has 1 heterocycles. The third-order valence-electron chi connectivity index (χ3n) is 3.81. The van der Waals surface area contributed by atoms with E-state index in [4.69, 9.17) is 0 Å². The lowest BCUT2D eigenvalue weighted by atomic mass is 10.2. The zero-order valence-electron chi connectivity index (χ0n) is 11.8. The summed E-state index contributed by atoms with van der Waals surface area (Å²) in [7, 11) is 1.60. The van der Waals surface area contributed by atoms with Crippen LogP contribution in [0.4, 0.5) is 0 Å². The van der Waals surface area contributed by atoms with Gasteiger partial charge >= 0.3 is 5.97 Å². The van der Waals surface area contributed by atoms with Gasteiger partial charge in [0.1, 0.15) is 5.82 Å². The molecule has 6 nitrogen and oxygen atoms in total. The zero-order valence-corrected chi connectivity index (χ0v) is 11.8. The maximum Gasteiger partial charge on any atom is 0.337 e. The van der Waals surface area contributed by atoms with Crippen molar-refractivity contribution < 1.29 is 14.7 Å². The Labute approximate surface area is 121 Å². The molecule has 21 heavy (non-hydrogen) atoms. The van der Waals surface area contributed by atoms with Crippen LogP contribution in [0.2, 0.25) is 0 Å². The molecule has 0 atom stereocenters. The number of benzene rings is 1. The minimum absolute atomic E-state index is 0.0635. The summed E-state index contributed by atoms with van der Waals surface area (Å²) in [6, 6.07) is 5.11. The van der Waals surface area contributed by atoms with Gasteiger partial charge in [-0.1, -0.05) is 6.07 Å².